The SMILES string of the molecule is Clc1ccc(C(NOC2CCCC2)c2ccco2)s1. The van der Waals surface area contributed by atoms with Crippen molar-refractivity contribution in [1.29, 1.82) is 0 Å². The summed E-state index contributed by atoms with van der Waals surface area (Å²) < 4.78 is 6.27. The van der Waals surface area contributed by atoms with Crippen molar-refractivity contribution in [3.05, 3.63) is 45.5 Å². The van der Waals surface area contributed by atoms with Crippen LogP contribution < -0.4 is 5.48 Å². The number of furan rings is 1. The molecule has 1 fully saturated rings. The first-order valence-electron chi connectivity index (χ1n) is 6.53. The fraction of sp³-hybridized carbons (Fsp3) is 0.429. The molecule has 0 aliphatic heterocycles. The van der Waals surface area contributed by atoms with Gasteiger partial charge in [0.15, 0.2) is 0 Å². The van der Waals surface area contributed by atoms with Crippen molar-refractivity contribution in [2.75, 3.05) is 0 Å². The standard InChI is InChI=1S/C14H16ClNO2S/c15-13-8-7-12(19-13)14(11-6-3-9-17-11)16-18-10-4-1-2-5-10/h3,6-10,14,16H,1-2,4-5H2. The van der Waals surface area contributed by atoms with Crippen LogP contribution >= 0.6 is 22.9 Å². The summed E-state index contributed by atoms with van der Waals surface area (Å²) >= 11 is 7.55. The fourth-order valence-electron chi connectivity index (χ4n) is 2.37. The van der Waals surface area contributed by atoms with E-state index in [0.29, 0.717) is 6.10 Å². The number of hydrogen-bond acceptors (Lipinski definition) is 4. The molecule has 5 heteroatoms. The van der Waals surface area contributed by atoms with E-state index in [2.05, 4.69) is 5.48 Å². The summed E-state index contributed by atoms with van der Waals surface area (Å²) in [4.78, 5) is 6.90. The largest absolute Gasteiger partial charge is 0.467 e. The van der Waals surface area contributed by atoms with Crippen molar-refractivity contribution < 1.29 is 9.25 Å². The lowest BCUT2D eigenvalue weighted by Gasteiger charge is -2.18. The van der Waals surface area contributed by atoms with Crippen molar-refractivity contribution in [3.8, 4) is 0 Å². The molecule has 1 N–H and O–H groups in total. The van der Waals surface area contributed by atoms with Crippen LogP contribution in [0.2, 0.25) is 4.34 Å². The highest BCUT2D eigenvalue weighted by Crippen LogP contribution is 2.32. The number of hydrogen-bond donors (Lipinski definition) is 1. The van der Waals surface area contributed by atoms with Gasteiger partial charge in [-0.2, -0.15) is 5.48 Å². The summed E-state index contributed by atoms with van der Waals surface area (Å²) in [5.74, 6) is 0.844. The summed E-state index contributed by atoms with van der Waals surface area (Å²) in [6.45, 7) is 0. The summed E-state index contributed by atoms with van der Waals surface area (Å²) in [6, 6.07) is 7.64. The quantitative estimate of drug-likeness (QED) is 0.822. The molecule has 1 aliphatic carbocycles. The van der Waals surface area contributed by atoms with Crippen LogP contribution in [0, 0.1) is 0 Å². The molecule has 0 radical (unpaired) electrons. The Morgan fingerprint density at radius 1 is 1.32 bits per heavy atom. The summed E-state index contributed by atoms with van der Waals surface area (Å²) in [5.41, 5.74) is 3.15. The second-order valence-electron chi connectivity index (χ2n) is 4.73. The Balaban J connectivity index is 1.73. The van der Waals surface area contributed by atoms with E-state index in [1.54, 1.807) is 6.26 Å². The Morgan fingerprint density at radius 3 is 2.79 bits per heavy atom. The van der Waals surface area contributed by atoms with E-state index in [0.717, 1.165) is 27.8 Å². The van der Waals surface area contributed by atoms with E-state index in [9.17, 15) is 0 Å². The van der Waals surface area contributed by atoms with Crippen molar-refractivity contribution in [2.24, 2.45) is 0 Å². The molecule has 1 atom stereocenters. The number of thiophene rings is 1. The molecular formula is C14H16ClNO2S. The van der Waals surface area contributed by atoms with Crippen LogP contribution in [0.15, 0.2) is 34.9 Å². The van der Waals surface area contributed by atoms with Crippen molar-refractivity contribution in [2.45, 2.75) is 37.8 Å². The molecule has 2 heterocycles. The Labute approximate surface area is 121 Å². The highest BCUT2D eigenvalue weighted by molar-refractivity contribution is 7.16. The molecule has 0 spiro atoms. The van der Waals surface area contributed by atoms with Crippen LogP contribution in [-0.4, -0.2) is 6.10 Å². The van der Waals surface area contributed by atoms with Gasteiger partial charge in [-0.3, -0.25) is 4.84 Å². The molecule has 2 aromatic rings. The second kappa shape index (κ2) is 6.09. The average Bonchev–Trinajstić information content (AvgIpc) is 3.11. The topological polar surface area (TPSA) is 34.4 Å². The number of halogens is 1. The van der Waals surface area contributed by atoms with Gasteiger partial charge >= 0.3 is 0 Å². The highest BCUT2D eigenvalue weighted by Gasteiger charge is 2.22. The summed E-state index contributed by atoms with van der Waals surface area (Å²) in [7, 11) is 0. The van der Waals surface area contributed by atoms with Gasteiger partial charge in [0.05, 0.1) is 16.7 Å². The lowest BCUT2D eigenvalue weighted by atomic mass is 10.2. The molecule has 19 heavy (non-hydrogen) atoms. The van der Waals surface area contributed by atoms with E-state index in [4.69, 9.17) is 20.9 Å². The number of rotatable bonds is 5. The van der Waals surface area contributed by atoms with E-state index in [1.165, 1.54) is 24.2 Å². The molecule has 0 bridgehead atoms. The van der Waals surface area contributed by atoms with Crippen LogP contribution in [0.5, 0.6) is 0 Å². The van der Waals surface area contributed by atoms with Gasteiger partial charge in [-0.15, -0.1) is 11.3 Å². The zero-order valence-electron chi connectivity index (χ0n) is 10.5. The van der Waals surface area contributed by atoms with E-state index in [-0.39, 0.29) is 6.04 Å². The van der Waals surface area contributed by atoms with Crippen LogP contribution in [0.25, 0.3) is 0 Å². The molecule has 1 aliphatic rings. The zero-order chi connectivity index (χ0) is 13.1. The van der Waals surface area contributed by atoms with Gasteiger partial charge in [-0.25, -0.2) is 0 Å². The monoisotopic (exact) mass is 297 g/mol. The first-order chi connectivity index (χ1) is 9.33. The maximum Gasteiger partial charge on any atom is 0.128 e. The predicted octanol–water partition coefficient (Wildman–Crippen LogP) is 4.55. The second-order valence-corrected chi connectivity index (χ2v) is 6.48. The van der Waals surface area contributed by atoms with Gasteiger partial charge in [0.1, 0.15) is 11.8 Å². The average molecular weight is 298 g/mol. The minimum atomic E-state index is -0.0897. The number of hydroxylamine groups is 1. The van der Waals surface area contributed by atoms with E-state index in [1.807, 2.05) is 24.3 Å². The highest BCUT2D eigenvalue weighted by atomic mass is 35.5. The Kier molecular flexibility index (Phi) is 4.23. The van der Waals surface area contributed by atoms with Crippen LogP contribution in [-0.2, 0) is 4.84 Å². The maximum absolute atomic E-state index is 6.01. The van der Waals surface area contributed by atoms with Gasteiger partial charge in [0.2, 0.25) is 0 Å². The van der Waals surface area contributed by atoms with Crippen molar-refractivity contribution in [1.82, 2.24) is 5.48 Å². The molecule has 1 saturated carbocycles. The molecule has 3 rings (SSSR count). The van der Waals surface area contributed by atoms with Crippen LogP contribution in [0.3, 0.4) is 0 Å². The molecule has 0 aromatic carbocycles. The predicted molar refractivity (Wildman–Crippen MR) is 76.4 cm³/mol. The molecule has 0 saturated heterocycles. The summed E-state index contributed by atoms with van der Waals surface area (Å²) in [6.07, 6.45) is 6.75. The van der Waals surface area contributed by atoms with Gasteiger partial charge in [-0.1, -0.05) is 24.4 Å². The normalized spacial score (nSPS) is 17.9. The molecule has 1 unspecified atom stereocenters. The smallest absolute Gasteiger partial charge is 0.128 e. The molecule has 2 aromatic heterocycles. The Morgan fingerprint density at radius 2 is 2.16 bits per heavy atom. The molecule has 102 valence electrons. The van der Waals surface area contributed by atoms with Crippen LogP contribution in [0.1, 0.15) is 42.4 Å². The van der Waals surface area contributed by atoms with Gasteiger partial charge in [0, 0.05) is 4.88 Å². The molecular weight excluding hydrogens is 282 g/mol. The third kappa shape index (κ3) is 3.20. The van der Waals surface area contributed by atoms with Crippen LogP contribution in [0.4, 0.5) is 0 Å². The zero-order valence-corrected chi connectivity index (χ0v) is 12.0. The first kappa shape index (κ1) is 13.2. The lowest BCUT2D eigenvalue weighted by molar-refractivity contribution is -0.0364. The third-order valence-corrected chi connectivity index (χ3v) is 4.66. The minimum Gasteiger partial charge on any atom is -0.467 e. The van der Waals surface area contributed by atoms with Gasteiger partial charge < -0.3 is 4.42 Å². The Bertz CT molecular complexity index is 505. The van der Waals surface area contributed by atoms with Gasteiger partial charge in [-0.05, 0) is 37.1 Å². The Hall–Kier alpha value is -0.810. The van der Waals surface area contributed by atoms with E-state index < -0.39 is 0 Å². The summed E-state index contributed by atoms with van der Waals surface area (Å²) in [5, 5.41) is 0. The molecule has 0 amide bonds. The van der Waals surface area contributed by atoms with Crippen molar-refractivity contribution >= 4 is 22.9 Å². The maximum atomic E-state index is 6.01. The minimum absolute atomic E-state index is 0.0897. The van der Waals surface area contributed by atoms with Crippen molar-refractivity contribution in [3.63, 3.8) is 0 Å². The molecule has 3 nitrogen and oxygen atoms in total. The first-order valence-corrected chi connectivity index (χ1v) is 7.72. The van der Waals surface area contributed by atoms with Gasteiger partial charge in [0.25, 0.3) is 0 Å². The fourth-order valence-corrected chi connectivity index (χ4v) is 3.48. The third-order valence-electron chi connectivity index (χ3n) is 3.36. The van der Waals surface area contributed by atoms with E-state index >= 15 is 0 Å². The lowest BCUT2D eigenvalue weighted by Crippen LogP contribution is -2.26. The number of nitrogens with one attached hydrogen (secondary N) is 1.